The van der Waals surface area contributed by atoms with E-state index < -0.39 is 71.2 Å². The van der Waals surface area contributed by atoms with Crippen LogP contribution in [0.15, 0.2) is 90.8 Å². The molecule has 0 radical (unpaired) electrons. The predicted octanol–water partition coefficient (Wildman–Crippen LogP) is 9.43. The Bertz CT molecular complexity index is 1520. The summed E-state index contributed by atoms with van der Waals surface area (Å²) in [5.41, 5.74) is 3.27. The third-order valence-electron chi connectivity index (χ3n) is 9.75. The summed E-state index contributed by atoms with van der Waals surface area (Å²) in [5.74, 6) is -2.13. The first-order chi connectivity index (χ1) is 30.0. The molecule has 1 aliphatic heterocycles. The first kappa shape index (κ1) is 56.6. The van der Waals surface area contributed by atoms with Gasteiger partial charge in [0.25, 0.3) is 10.1 Å². The van der Waals surface area contributed by atoms with Gasteiger partial charge in [0.15, 0.2) is 12.4 Å². The number of hydrogen-bond acceptors (Lipinski definition) is 11. The molecular weight excluding hydrogens is 813 g/mol. The zero-order chi connectivity index (χ0) is 45.5. The molecule has 1 heterocycles. The van der Waals surface area contributed by atoms with Crippen LogP contribution in [0.1, 0.15) is 149 Å². The highest BCUT2D eigenvalue weighted by Crippen LogP contribution is 2.24. The second kappa shape index (κ2) is 38.1. The standard InChI is InChI=1S/C49H78O12S/c1-3-5-7-9-11-13-15-17-19-20-21-22-24-25-27-29-31-33-35-37-44(50)58-39-42(40-59-49-48(54)47(53)46(52)43(61-49)41-62(55,56)57)60-45(51)38-36-34-32-30-28-26-23-18-16-14-12-10-8-6-4-2/h5,7,11,13,16-17,19,21-23,25,27,31,33,42-43,46-49,52-54H,3-4,6,8-10,12,14-15,20,24,26,28-30,32,34-41H2,1-2H3,(H,55,56,57)/b7-5+,13-11+,19-17+,22-21+,27-25+,33-31+/t18?,42-,43-,46-,47?,48?,49+/m1/s1. The number of hydrogen-bond donors (Lipinski definition) is 4. The molecule has 1 fully saturated rings. The fourth-order valence-corrected chi connectivity index (χ4v) is 6.90. The minimum Gasteiger partial charge on any atom is -0.462 e. The number of carbonyl (C=O) groups is 2. The summed E-state index contributed by atoms with van der Waals surface area (Å²) in [6, 6.07) is 0. The van der Waals surface area contributed by atoms with Crippen LogP contribution in [0.5, 0.6) is 0 Å². The molecule has 1 saturated heterocycles. The summed E-state index contributed by atoms with van der Waals surface area (Å²) >= 11 is 0. The van der Waals surface area contributed by atoms with E-state index in [2.05, 4.69) is 92.5 Å². The Kier molecular flexibility index (Phi) is 34.8. The molecule has 62 heavy (non-hydrogen) atoms. The number of esters is 2. The molecule has 0 amide bonds. The molecule has 0 saturated carbocycles. The normalized spacial score (nSPS) is 20.3. The Morgan fingerprint density at radius 3 is 1.68 bits per heavy atom. The molecule has 0 spiro atoms. The van der Waals surface area contributed by atoms with Crippen molar-refractivity contribution in [1.82, 2.24) is 0 Å². The Morgan fingerprint density at radius 1 is 0.613 bits per heavy atom. The third kappa shape index (κ3) is 32.3. The van der Waals surface area contributed by atoms with E-state index in [1.54, 1.807) is 0 Å². The van der Waals surface area contributed by atoms with Gasteiger partial charge >= 0.3 is 11.9 Å². The molecule has 352 valence electrons. The minimum absolute atomic E-state index is 0.0841. The van der Waals surface area contributed by atoms with Crippen molar-refractivity contribution >= 4 is 22.1 Å². The summed E-state index contributed by atoms with van der Waals surface area (Å²) in [6.45, 7) is 3.53. The van der Waals surface area contributed by atoms with Gasteiger partial charge in [-0.3, -0.25) is 14.1 Å². The van der Waals surface area contributed by atoms with Gasteiger partial charge in [0.05, 0.1) is 6.61 Å². The average molecular weight is 891 g/mol. The summed E-state index contributed by atoms with van der Waals surface area (Å²) in [5, 5.41) is 30.9. The van der Waals surface area contributed by atoms with Crippen molar-refractivity contribution in [2.24, 2.45) is 0 Å². The SMILES string of the molecule is CC/C=C/C/C=C/C/C=C/C/C=C/C/C=C/C/C=C/CCC(=O)OC[C@H](CO[C@H]1O[C@H](CS(=O)(=O)O)[C@@H](O)C(O)C1O)OC(=O)CCCCCCCC=C=CCCCCCCC. The molecular formula is C49H78O12S. The van der Waals surface area contributed by atoms with Gasteiger partial charge in [0, 0.05) is 12.8 Å². The molecule has 0 aliphatic carbocycles. The topological polar surface area (TPSA) is 186 Å². The van der Waals surface area contributed by atoms with Crippen LogP contribution >= 0.6 is 0 Å². The van der Waals surface area contributed by atoms with E-state index in [9.17, 15) is 37.9 Å². The maximum absolute atomic E-state index is 12.8. The minimum atomic E-state index is -4.62. The van der Waals surface area contributed by atoms with Gasteiger partial charge in [-0.2, -0.15) is 8.42 Å². The van der Waals surface area contributed by atoms with E-state index in [4.69, 9.17) is 18.9 Å². The van der Waals surface area contributed by atoms with E-state index in [1.807, 2.05) is 12.2 Å². The molecule has 0 aromatic carbocycles. The predicted molar refractivity (Wildman–Crippen MR) is 246 cm³/mol. The monoisotopic (exact) mass is 891 g/mol. The summed E-state index contributed by atoms with van der Waals surface area (Å²) < 4.78 is 54.0. The van der Waals surface area contributed by atoms with E-state index in [0.717, 1.165) is 77.0 Å². The Balaban J connectivity index is 2.52. The highest BCUT2D eigenvalue weighted by molar-refractivity contribution is 7.85. The second-order valence-corrected chi connectivity index (χ2v) is 16.9. The number of aliphatic hydroxyl groups is 3. The van der Waals surface area contributed by atoms with Gasteiger partial charge in [-0.15, -0.1) is 5.73 Å². The summed E-state index contributed by atoms with van der Waals surface area (Å²) in [7, 11) is -4.62. The van der Waals surface area contributed by atoms with Crippen LogP contribution in [0.3, 0.4) is 0 Å². The fourth-order valence-electron chi connectivity index (χ4n) is 6.21. The number of allylic oxidation sites excluding steroid dienone is 13. The van der Waals surface area contributed by atoms with Crippen LogP contribution in [0, 0.1) is 0 Å². The Morgan fingerprint density at radius 2 is 1.13 bits per heavy atom. The first-order valence-corrected chi connectivity index (χ1v) is 24.5. The molecule has 0 aromatic heterocycles. The van der Waals surface area contributed by atoms with Crippen molar-refractivity contribution in [3.05, 3.63) is 90.8 Å². The second-order valence-electron chi connectivity index (χ2n) is 15.4. The summed E-state index contributed by atoms with van der Waals surface area (Å²) in [4.78, 5) is 25.4. The quantitative estimate of drug-likeness (QED) is 0.0154. The molecule has 1 aliphatic rings. The van der Waals surface area contributed by atoms with Crippen molar-refractivity contribution in [2.75, 3.05) is 19.0 Å². The van der Waals surface area contributed by atoms with Gasteiger partial charge in [0.1, 0.15) is 36.8 Å². The van der Waals surface area contributed by atoms with Gasteiger partial charge in [0.2, 0.25) is 0 Å². The molecule has 2 unspecified atom stereocenters. The molecule has 0 aromatic rings. The van der Waals surface area contributed by atoms with E-state index in [1.165, 1.54) is 32.1 Å². The van der Waals surface area contributed by atoms with Gasteiger partial charge in [-0.1, -0.05) is 132 Å². The van der Waals surface area contributed by atoms with Gasteiger partial charge in [-0.05, 0) is 89.2 Å². The third-order valence-corrected chi connectivity index (χ3v) is 10.5. The Hall–Kier alpha value is -3.39. The van der Waals surface area contributed by atoms with Crippen molar-refractivity contribution in [3.63, 3.8) is 0 Å². The number of carbonyl (C=O) groups excluding carboxylic acids is 2. The molecule has 1 rings (SSSR count). The lowest BCUT2D eigenvalue weighted by Crippen LogP contribution is -2.60. The highest BCUT2D eigenvalue weighted by atomic mass is 32.2. The van der Waals surface area contributed by atoms with Crippen molar-refractivity contribution in [2.45, 2.75) is 185 Å². The lowest BCUT2D eigenvalue weighted by Gasteiger charge is -2.40. The van der Waals surface area contributed by atoms with E-state index in [-0.39, 0.29) is 19.4 Å². The van der Waals surface area contributed by atoms with E-state index in [0.29, 0.717) is 12.8 Å². The van der Waals surface area contributed by atoms with E-state index >= 15 is 0 Å². The van der Waals surface area contributed by atoms with Crippen molar-refractivity contribution in [1.29, 1.82) is 0 Å². The van der Waals surface area contributed by atoms with Crippen LogP contribution in [-0.2, 0) is 38.7 Å². The zero-order valence-corrected chi connectivity index (χ0v) is 38.3. The van der Waals surface area contributed by atoms with Crippen LogP contribution in [-0.4, -0.2) is 96.0 Å². The van der Waals surface area contributed by atoms with Crippen molar-refractivity contribution < 1.29 is 56.8 Å². The number of unbranched alkanes of at least 4 members (excludes halogenated alkanes) is 10. The van der Waals surface area contributed by atoms with Gasteiger partial charge in [-0.25, -0.2) is 0 Å². The molecule has 13 heteroatoms. The van der Waals surface area contributed by atoms with Gasteiger partial charge < -0.3 is 34.3 Å². The summed E-state index contributed by atoms with van der Waals surface area (Å²) in [6.07, 6.45) is 38.5. The Labute approximate surface area is 373 Å². The number of aliphatic hydroxyl groups excluding tert-OH is 3. The largest absolute Gasteiger partial charge is 0.462 e. The van der Waals surface area contributed by atoms with Crippen molar-refractivity contribution in [3.8, 4) is 0 Å². The lowest BCUT2D eigenvalue weighted by molar-refractivity contribution is -0.297. The van der Waals surface area contributed by atoms with Crippen LogP contribution < -0.4 is 0 Å². The zero-order valence-electron chi connectivity index (χ0n) is 37.5. The molecule has 6 atom stereocenters. The van der Waals surface area contributed by atoms with Crippen LogP contribution in [0.4, 0.5) is 0 Å². The highest BCUT2D eigenvalue weighted by Gasteiger charge is 2.46. The molecule has 12 nitrogen and oxygen atoms in total. The fraction of sp³-hybridized carbons (Fsp3) is 0.653. The average Bonchev–Trinajstić information content (AvgIpc) is 3.24. The lowest BCUT2D eigenvalue weighted by atomic mass is 10.00. The van der Waals surface area contributed by atoms with Crippen LogP contribution in [0.25, 0.3) is 0 Å². The number of rotatable bonds is 36. The molecule has 4 N–H and O–H groups in total. The maximum Gasteiger partial charge on any atom is 0.306 e. The first-order valence-electron chi connectivity index (χ1n) is 22.9. The number of ether oxygens (including phenoxy) is 4. The smallest absolute Gasteiger partial charge is 0.306 e. The maximum atomic E-state index is 12.8. The van der Waals surface area contributed by atoms with Crippen LogP contribution in [0.2, 0.25) is 0 Å². The molecule has 0 bridgehead atoms.